The molecule has 12 heteroatoms. The van der Waals surface area contributed by atoms with Gasteiger partial charge in [-0.05, 0) is 188 Å². The first-order valence-electron chi connectivity index (χ1n) is 31.9. The van der Waals surface area contributed by atoms with Crippen molar-refractivity contribution in [2.24, 2.45) is 11.8 Å². The summed E-state index contributed by atoms with van der Waals surface area (Å²) in [7, 11) is 4.29. The van der Waals surface area contributed by atoms with Crippen molar-refractivity contribution in [2.75, 3.05) is 46.9 Å². The van der Waals surface area contributed by atoms with Gasteiger partial charge in [-0.25, -0.2) is 13.8 Å². The van der Waals surface area contributed by atoms with Crippen molar-refractivity contribution in [3.63, 3.8) is 0 Å². The van der Waals surface area contributed by atoms with E-state index < -0.39 is 5.60 Å². The molecule has 2 aliphatic heterocycles. The smallest absolute Gasteiger partial charge is 0.334 e. The summed E-state index contributed by atoms with van der Waals surface area (Å²) in [6.07, 6.45) is 13.7. The molecule has 2 atom stereocenters. The number of ether oxygens (including phenoxy) is 3. The molecule has 5 aromatic rings. The summed E-state index contributed by atoms with van der Waals surface area (Å²) in [5.74, 6) is 2.35. The predicted molar refractivity (Wildman–Crippen MR) is 364 cm³/mol. The predicted octanol–water partition coefficient (Wildman–Crippen LogP) is 18.8. The number of hydrogen-bond acceptors (Lipinski definition) is 8. The minimum absolute atomic E-state index is 0.0204. The summed E-state index contributed by atoms with van der Waals surface area (Å²) in [4.78, 5) is 48.9. The number of piperidine rings is 1. The number of rotatable bonds is 22. The average molecular weight is 1220 g/mol. The number of hydrogen-bond donors (Lipinski definition) is 1. The third-order valence-corrected chi connectivity index (χ3v) is 16.2. The van der Waals surface area contributed by atoms with Crippen molar-refractivity contribution in [3.05, 3.63) is 141 Å². The number of halogens is 2. The maximum atomic E-state index is 13.8. The van der Waals surface area contributed by atoms with E-state index in [1.807, 2.05) is 88.4 Å². The van der Waals surface area contributed by atoms with Gasteiger partial charge in [0.05, 0.1) is 6.61 Å². The van der Waals surface area contributed by atoms with Crippen molar-refractivity contribution < 1.29 is 42.4 Å². The first-order chi connectivity index (χ1) is 41.3. The Morgan fingerprint density at radius 2 is 1.55 bits per heavy atom. The van der Waals surface area contributed by atoms with E-state index in [0.717, 1.165) is 99.5 Å². The molecule has 0 saturated carbocycles. The van der Waals surface area contributed by atoms with Crippen LogP contribution in [-0.4, -0.2) is 91.7 Å². The molecule has 1 saturated heterocycles. The van der Waals surface area contributed by atoms with E-state index in [1.165, 1.54) is 74.2 Å². The normalized spacial score (nSPS) is 14.7. The number of nitrogens with one attached hydrogen (secondary N) is 1. The van der Waals surface area contributed by atoms with Crippen molar-refractivity contribution in [1.29, 1.82) is 0 Å². The number of ketones is 1. The molecule has 0 aromatic heterocycles. The molecule has 0 aliphatic carbocycles. The topological polar surface area (TPSA) is 114 Å². The Morgan fingerprint density at radius 3 is 2.13 bits per heavy atom. The van der Waals surface area contributed by atoms with Gasteiger partial charge in [0.15, 0.2) is 17.8 Å². The van der Waals surface area contributed by atoms with Gasteiger partial charge in [0.1, 0.15) is 43.1 Å². The maximum absolute atomic E-state index is 13.8. The number of nitrogens with zero attached hydrogens (tertiary/aromatic N) is 2. The number of esters is 1. The summed E-state index contributed by atoms with van der Waals surface area (Å²) >= 11 is 6.92. The zero-order valence-corrected chi connectivity index (χ0v) is 56.9. The van der Waals surface area contributed by atoms with Crippen molar-refractivity contribution >= 4 is 73.9 Å². The summed E-state index contributed by atoms with van der Waals surface area (Å²) in [5.41, 5.74) is 10.5. The van der Waals surface area contributed by atoms with Crippen LogP contribution in [0.2, 0.25) is 5.02 Å². The lowest BCUT2D eigenvalue weighted by Gasteiger charge is -2.24. The van der Waals surface area contributed by atoms with Crippen LogP contribution in [0.4, 0.5) is 4.39 Å². The molecule has 1 fully saturated rings. The second-order valence-corrected chi connectivity index (χ2v) is 24.7. The Balaban J connectivity index is 0.000000364. The second kappa shape index (κ2) is 38.1. The second-order valence-electron chi connectivity index (χ2n) is 24.2. The van der Waals surface area contributed by atoms with Crippen molar-refractivity contribution in [3.8, 4) is 11.5 Å². The molecule has 87 heavy (non-hydrogen) atoms. The molecule has 0 spiro atoms. The molecule has 2 heterocycles. The minimum atomic E-state index is -0.611. The summed E-state index contributed by atoms with van der Waals surface area (Å²) in [6, 6.07) is 23.8. The lowest BCUT2D eigenvalue weighted by Crippen LogP contribution is -2.30. The number of fused-ring (bicyclic) bond motifs is 2. The highest BCUT2D eigenvalue weighted by atomic mass is 35.5. The molecule has 7 rings (SSSR count). The van der Waals surface area contributed by atoms with Crippen LogP contribution in [0.1, 0.15) is 207 Å². The molecule has 2 unspecified atom stereocenters. The Morgan fingerprint density at radius 1 is 0.874 bits per heavy atom. The summed E-state index contributed by atoms with van der Waals surface area (Å²) in [5, 5.41) is 6.91. The van der Waals surface area contributed by atoms with Crippen LogP contribution in [0.5, 0.6) is 11.5 Å². The van der Waals surface area contributed by atoms with Crippen LogP contribution in [0.25, 0.3) is 32.7 Å². The minimum Gasteiger partial charge on any atom is -0.493 e. The lowest BCUT2D eigenvalue weighted by atomic mass is 9.84. The number of amides is 1. The molecule has 476 valence electrons. The molecule has 0 bridgehead atoms. The molecule has 10 nitrogen and oxygen atoms in total. The number of carbonyl (C=O) groups is 4. The highest BCUT2D eigenvalue weighted by Gasteiger charge is 2.29. The van der Waals surface area contributed by atoms with E-state index in [0.29, 0.717) is 65.9 Å². The van der Waals surface area contributed by atoms with Gasteiger partial charge < -0.3 is 24.4 Å². The number of benzene rings is 5. The van der Waals surface area contributed by atoms with Crippen molar-refractivity contribution in [1.82, 2.24) is 10.2 Å². The van der Waals surface area contributed by atoms with Gasteiger partial charge in [-0.3, -0.25) is 14.4 Å². The number of aldehydes is 1. The Kier molecular flexibility index (Phi) is 32.8. The van der Waals surface area contributed by atoms with E-state index in [2.05, 4.69) is 105 Å². The van der Waals surface area contributed by atoms with E-state index in [4.69, 9.17) is 25.8 Å². The fourth-order valence-corrected chi connectivity index (χ4v) is 11.1. The van der Waals surface area contributed by atoms with Gasteiger partial charge in [-0.1, -0.05) is 147 Å². The molecule has 0 radical (unpaired) electrons. The highest BCUT2D eigenvalue weighted by Crippen LogP contribution is 2.40. The number of aryl methyl sites for hydroxylation is 1. The van der Waals surface area contributed by atoms with Crippen LogP contribution in [0.3, 0.4) is 0 Å². The lowest BCUT2D eigenvalue weighted by molar-refractivity contribution is -0.497. The van der Waals surface area contributed by atoms with Gasteiger partial charge in [-0.2, -0.15) is 0 Å². The Hall–Kier alpha value is -6.43. The monoisotopic (exact) mass is 1210 g/mol. The van der Waals surface area contributed by atoms with E-state index in [9.17, 15) is 23.6 Å². The largest absolute Gasteiger partial charge is 0.493 e. The zero-order valence-electron chi connectivity index (χ0n) is 56.2. The summed E-state index contributed by atoms with van der Waals surface area (Å²) < 4.78 is 33.6. The van der Waals surface area contributed by atoms with E-state index in [1.54, 1.807) is 13.0 Å². The third-order valence-electron chi connectivity index (χ3n) is 15.8. The van der Waals surface area contributed by atoms with Crippen LogP contribution >= 0.6 is 11.6 Å². The van der Waals surface area contributed by atoms with Gasteiger partial charge >= 0.3 is 5.97 Å². The first kappa shape index (κ1) is 74.8. The molecule has 1 amide bonds. The van der Waals surface area contributed by atoms with Crippen LogP contribution in [-0.2, 0) is 25.5 Å². The quantitative estimate of drug-likeness (QED) is 0.0182. The zero-order chi connectivity index (χ0) is 65.0. The van der Waals surface area contributed by atoms with E-state index in [-0.39, 0.29) is 30.1 Å². The fraction of sp³-hybridized carbons (Fsp3) is 0.507. The highest BCUT2D eigenvalue weighted by molar-refractivity contribution is 6.35. The fourth-order valence-electron chi connectivity index (χ4n) is 10.8. The van der Waals surface area contributed by atoms with Crippen molar-refractivity contribution in [2.45, 2.75) is 193 Å². The third kappa shape index (κ3) is 23.6. The van der Waals surface area contributed by atoms with Gasteiger partial charge in [0, 0.05) is 63.5 Å². The van der Waals surface area contributed by atoms with Crippen LogP contribution in [0, 0.1) is 24.6 Å². The molecular formula is C75H106ClFN3O7+. The number of Topliss-reactive ketones (excluding diaryl/α,β-unsaturated/α-hetero) is 1. The van der Waals surface area contributed by atoms with E-state index >= 15 is 0 Å². The van der Waals surface area contributed by atoms with Gasteiger partial charge in [0.25, 0.3) is 0 Å². The Bertz CT molecular complexity index is 3180. The SMILES string of the molecule is C=C1NC(=O)CCC1C.CC/C(C(=O)OC(C)(C)C)=C(/CCCOc1cccc2cc(F)ccc12)c1ccc(Cl)c(C2=C(C)CC[N+](C)=C2C)c1C.CCCC(C)CC.CCCN(C)CCC.CCCc1ccc(OCC=O)c2cccc(C(C)=O)c12. The molecular weight excluding hydrogens is 1110 g/mol. The summed E-state index contributed by atoms with van der Waals surface area (Å²) in [6.45, 7) is 38.7. The van der Waals surface area contributed by atoms with Crippen LogP contribution < -0.4 is 14.8 Å². The number of carbonyl (C=O) groups excluding carboxylic acids is 4. The molecule has 5 aromatic carbocycles. The Labute approximate surface area is 528 Å². The average Bonchev–Trinajstić information content (AvgIpc) is 2.01. The molecule has 1 N–H and O–H groups in total. The van der Waals surface area contributed by atoms with Gasteiger partial charge in [0.2, 0.25) is 5.91 Å². The van der Waals surface area contributed by atoms with Crippen LogP contribution in [0.15, 0.2) is 102 Å². The first-order valence-corrected chi connectivity index (χ1v) is 32.3. The molecule has 2 aliphatic rings. The van der Waals surface area contributed by atoms with Gasteiger partial charge in [-0.15, -0.1) is 0 Å². The maximum Gasteiger partial charge on any atom is 0.334 e. The standard InChI is InChI=1S/C37H44ClFNO3.C17H18O3.C7H11NO.C7H17N.C7H16/c1-9-28(36(41)43-37(5,6)7)31(13-11-21-42-33-14-10-12-26-22-27(39)15-16-30(26)33)29-17-18-32(38)35(24(29)3)34-23(2)19-20-40(8)25(34)4;1-3-5-13-8-9-16(20-11-10-18)15-7-4-6-14(12(2)19)17(13)15;1-5-3-4-7(9)8-6(5)2;1-4-6-8(3)7-5-2;1-4-6-7(3)5-2/h10,12,14-18,22H,9,11,13,19-21H2,1-8H3;4,6-10H,3,5,11H2,1-2H3;5H,2-4H2,1H3,(H,8,9);4-7H2,1-3H3;7H,4-6H2,1-3H3/q+1;;;;/b31-28+;;;;. The number of allylic oxidation sites excluding steroid dienone is 3.